The molecule has 0 radical (unpaired) electrons. The monoisotopic (exact) mass is 206 g/mol. The lowest BCUT2D eigenvalue weighted by Crippen LogP contribution is -2.32. The van der Waals surface area contributed by atoms with Crippen molar-refractivity contribution in [1.82, 2.24) is 5.32 Å². The average Bonchev–Trinajstić information content (AvgIpc) is 2.18. The van der Waals surface area contributed by atoms with E-state index in [1.807, 2.05) is 6.92 Å². The van der Waals surface area contributed by atoms with Gasteiger partial charge in [-0.2, -0.15) is 0 Å². The highest BCUT2D eigenvalue weighted by molar-refractivity contribution is 5.29. The van der Waals surface area contributed by atoms with Crippen LogP contribution >= 0.6 is 0 Å². The number of aryl methyl sites for hydroxylation is 2. The summed E-state index contributed by atoms with van der Waals surface area (Å²) in [6.07, 6.45) is 1.08. The van der Waals surface area contributed by atoms with Crippen LogP contribution in [-0.4, -0.2) is 19.1 Å². The normalized spacial score (nSPS) is 12.8. The predicted molar refractivity (Wildman–Crippen MR) is 66.1 cm³/mol. The molecular weight excluding hydrogens is 184 g/mol. The van der Waals surface area contributed by atoms with Gasteiger partial charge in [0.1, 0.15) is 0 Å². The van der Waals surface area contributed by atoms with Crippen LogP contribution in [-0.2, 0) is 6.42 Å². The second-order valence-corrected chi connectivity index (χ2v) is 4.35. The Labute approximate surface area is 92.9 Å². The molecule has 2 heteroatoms. The summed E-state index contributed by atoms with van der Waals surface area (Å²) in [4.78, 5) is 0. The first-order valence-corrected chi connectivity index (χ1v) is 5.62. The van der Waals surface area contributed by atoms with E-state index in [2.05, 4.69) is 37.4 Å². The van der Waals surface area contributed by atoms with E-state index < -0.39 is 0 Å². The molecule has 0 amide bonds. The van der Waals surface area contributed by atoms with Gasteiger partial charge in [-0.05, 0) is 50.4 Å². The number of nitrogens with two attached hydrogens (primary N) is 1. The first kappa shape index (κ1) is 12.2. The van der Waals surface area contributed by atoms with Crippen molar-refractivity contribution in [2.24, 2.45) is 5.73 Å². The molecule has 1 aromatic rings. The maximum absolute atomic E-state index is 5.65. The van der Waals surface area contributed by atoms with Crippen LogP contribution in [0, 0.1) is 13.8 Å². The summed E-state index contributed by atoms with van der Waals surface area (Å²) < 4.78 is 0. The molecule has 15 heavy (non-hydrogen) atoms. The lowest BCUT2D eigenvalue weighted by Gasteiger charge is -2.08. The SMILES string of the molecule is Cc1ccc(CCNCC(C)N)cc1C. The molecule has 0 saturated carbocycles. The van der Waals surface area contributed by atoms with Crippen molar-refractivity contribution in [3.8, 4) is 0 Å². The van der Waals surface area contributed by atoms with E-state index in [0.717, 1.165) is 19.5 Å². The van der Waals surface area contributed by atoms with E-state index in [9.17, 15) is 0 Å². The summed E-state index contributed by atoms with van der Waals surface area (Å²) in [6, 6.07) is 6.90. The summed E-state index contributed by atoms with van der Waals surface area (Å²) in [5.74, 6) is 0. The Hall–Kier alpha value is -0.860. The Morgan fingerprint density at radius 1 is 1.27 bits per heavy atom. The summed E-state index contributed by atoms with van der Waals surface area (Å²) in [5, 5.41) is 3.34. The highest BCUT2D eigenvalue weighted by Crippen LogP contribution is 2.09. The van der Waals surface area contributed by atoms with Gasteiger partial charge in [0.2, 0.25) is 0 Å². The van der Waals surface area contributed by atoms with Crippen LogP contribution in [0.3, 0.4) is 0 Å². The first-order valence-electron chi connectivity index (χ1n) is 5.62. The maximum Gasteiger partial charge on any atom is 0.0136 e. The van der Waals surface area contributed by atoms with E-state index in [4.69, 9.17) is 5.73 Å². The molecular formula is C13H22N2. The molecule has 0 spiro atoms. The zero-order valence-electron chi connectivity index (χ0n) is 10.0. The topological polar surface area (TPSA) is 38.0 Å². The van der Waals surface area contributed by atoms with Crippen LogP contribution in [0.25, 0.3) is 0 Å². The van der Waals surface area contributed by atoms with Crippen LogP contribution < -0.4 is 11.1 Å². The fourth-order valence-corrected chi connectivity index (χ4v) is 1.52. The number of nitrogens with one attached hydrogen (secondary N) is 1. The van der Waals surface area contributed by atoms with Gasteiger partial charge in [0, 0.05) is 12.6 Å². The highest BCUT2D eigenvalue weighted by atomic mass is 14.9. The standard InChI is InChI=1S/C13H22N2/c1-10-4-5-13(8-11(10)2)6-7-15-9-12(3)14/h4-5,8,12,15H,6-7,9,14H2,1-3H3. The molecule has 1 unspecified atom stereocenters. The maximum atomic E-state index is 5.65. The Bertz CT molecular complexity index is 305. The van der Waals surface area contributed by atoms with Crippen LogP contribution in [0.15, 0.2) is 18.2 Å². The van der Waals surface area contributed by atoms with Gasteiger partial charge >= 0.3 is 0 Å². The van der Waals surface area contributed by atoms with Crippen molar-refractivity contribution in [2.75, 3.05) is 13.1 Å². The molecule has 1 aromatic carbocycles. The summed E-state index contributed by atoms with van der Waals surface area (Å²) in [7, 11) is 0. The molecule has 0 aliphatic heterocycles. The third kappa shape index (κ3) is 4.45. The van der Waals surface area contributed by atoms with Crippen molar-refractivity contribution in [3.63, 3.8) is 0 Å². The molecule has 0 aliphatic rings. The second-order valence-electron chi connectivity index (χ2n) is 4.35. The second kappa shape index (κ2) is 5.89. The third-order valence-corrected chi connectivity index (χ3v) is 2.63. The van der Waals surface area contributed by atoms with Crippen molar-refractivity contribution >= 4 is 0 Å². The summed E-state index contributed by atoms with van der Waals surface area (Å²) in [5.41, 5.74) is 9.79. The molecule has 1 atom stereocenters. The van der Waals surface area contributed by atoms with E-state index in [-0.39, 0.29) is 6.04 Å². The minimum Gasteiger partial charge on any atom is -0.327 e. The highest BCUT2D eigenvalue weighted by Gasteiger charge is 1.97. The molecule has 0 fully saturated rings. The van der Waals surface area contributed by atoms with Crippen LogP contribution in [0.1, 0.15) is 23.6 Å². The van der Waals surface area contributed by atoms with E-state index in [1.165, 1.54) is 16.7 Å². The molecule has 2 nitrogen and oxygen atoms in total. The molecule has 0 bridgehead atoms. The Balaban J connectivity index is 2.35. The van der Waals surface area contributed by atoms with E-state index in [1.54, 1.807) is 0 Å². The molecule has 84 valence electrons. The largest absolute Gasteiger partial charge is 0.327 e. The van der Waals surface area contributed by atoms with Crippen LogP contribution in [0.2, 0.25) is 0 Å². The molecule has 0 aliphatic carbocycles. The van der Waals surface area contributed by atoms with Crippen molar-refractivity contribution in [2.45, 2.75) is 33.2 Å². The van der Waals surface area contributed by atoms with E-state index >= 15 is 0 Å². The van der Waals surface area contributed by atoms with E-state index in [0.29, 0.717) is 0 Å². The van der Waals surface area contributed by atoms with Crippen LogP contribution in [0.5, 0.6) is 0 Å². The van der Waals surface area contributed by atoms with Crippen molar-refractivity contribution in [1.29, 1.82) is 0 Å². The van der Waals surface area contributed by atoms with Crippen LogP contribution in [0.4, 0.5) is 0 Å². The van der Waals surface area contributed by atoms with Crippen molar-refractivity contribution < 1.29 is 0 Å². The van der Waals surface area contributed by atoms with Gasteiger partial charge in [-0.3, -0.25) is 0 Å². The predicted octanol–water partition coefficient (Wildman–Crippen LogP) is 1.78. The Kier molecular flexibility index (Phi) is 4.79. The molecule has 0 saturated heterocycles. The van der Waals surface area contributed by atoms with Gasteiger partial charge in [-0.25, -0.2) is 0 Å². The Morgan fingerprint density at radius 2 is 2.00 bits per heavy atom. The van der Waals surface area contributed by atoms with Gasteiger partial charge in [-0.15, -0.1) is 0 Å². The smallest absolute Gasteiger partial charge is 0.0136 e. The molecule has 1 rings (SSSR count). The van der Waals surface area contributed by atoms with Gasteiger partial charge in [0.15, 0.2) is 0 Å². The number of hydrogen-bond acceptors (Lipinski definition) is 2. The van der Waals surface area contributed by atoms with Gasteiger partial charge in [0.05, 0.1) is 0 Å². The molecule has 0 aromatic heterocycles. The fourth-order valence-electron chi connectivity index (χ4n) is 1.52. The van der Waals surface area contributed by atoms with Gasteiger partial charge < -0.3 is 11.1 Å². The number of rotatable bonds is 5. The fraction of sp³-hybridized carbons (Fsp3) is 0.538. The third-order valence-electron chi connectivity index (χ3n) is 2.63. The first-order chi connectivity index (χ1) is 7.09. The lowest BCUT2D eigenvalue weighted by molar-refractivity contribution is 0.608. The zero-order chi connectivity index (χ0) is 11.3. The minimum atomic E-state index is 0.241. The number of hydrogen-bond donors (Lipinski definition) is 2. The quantitative estimate of drug-likeness (QED) is 0.721. The number of benzene rings is 1. The summed E-state index contributed by atoms with van der Waals surface area (Å²) in [6.45, 7) is 8.22. The summed E-state index contributed by atoms with van der Waals surface area (Å²) >= 11 is 0. The van der Waals surface area contributed by atoms with Crippen molar-refractivity contribution in [3.05, 3.63) is 34.9 Å². The average molecular weight is 206 g/mol. The lowest BCUT2D eigenvalue weighted by atomic mass is 10.0. The van der Waals surface area contributed by atoms with Gasteiger partial charge in [-0.1, -0.05) is 18.2 Å². The molecule has 3 N–H and O–H groups in total. The minimum absolute atomic E-state index is 0.241. The Morgan fingerprint density at radius 3 is 2.60 bits per heavy atom. The molecule has 0 heterocycles. The zero-order valence-corrected chi connectivity index (χ0v) is 10.0. The van der Waals surface area contributed by atoms with Gasteiger partial charge in [0.25, 0.3) is 0 Å².